The molecular weight excluding hydrogens is 176 g/mol. The van der Waals surface area contributed by atoms with Crippen LogP contribution in [0.25, 0.3) is 0 Å². The van der Waals surface area contributed by atoms with Gasteiger partial charge in [0, 0.05) is 32.2 Å². The van der Waals surface area contributed by atoms with E-state index in [-0.39, 0.29) is 5.60 Å². The molecule has 14 heavy (non-hydrogen) atoms. The molecule has 2 aliphatic rings. The summed E-state index contributed by atoms with van der Waals surface area (Å²) >= 11 is 0. The number of aliphatic hydroxyl groups is 1. The van der Waals surface area contributed by atoms with E-state index in [0.717, 1.165) is 39.0 Å². The van der Waals surface area contributed by atoms with Gasteiger partial charge in [-0.25, -0.2) is 0 Å². The fraction of sp³-hybridized carbons (Fsp3) is 1.00. The van der Waals surface area contributed by atoms with E-state index < -0.39 is 0 Å². The quantitative estimate of drug-likeness (QED) is 0.681. The van der Waals surface area contributed by atoms with Crippen LogP contribution in [0.2, 0.25) is 0 Å². The third-order valence-corrected chi connectivity index (χ3v) is 3.51. The molecule has 2 rings (SSSR count). The number of nitrogens with one attached hydrogen (secondary N) is 1. The maximum absolute atomic E-state index is 10.3. The van der Waals surface area contributed by atoms with Crippen molar-refractivity contribution < 1.29 is 5.11 Å². The molecule has 1 saturated carbocycles. The Balaban J connectivity index is 1.83. The summed E-state index contributed by atoms with van der Waals surface area (Å²) in [4.78, 5) is 2.41. The van der Waals surface area contributed by atoms with E-state index in [1.807, 2.05) is 0 Å². The maximum Gasteiger partial charge on any atom is 0.0774 e. The second-order valence-corrected chi connectivity index (χ2v) is 5.02. The summed E-state index contributed by atoms with van der Waals surface area (Å²) in [5, 5.41) is 13.7. The van der Waals surface area contributed by atoms with Crippen LogP contribution < -0.4 is 5.32 Å². The largest absolute Gasteiger partial charge is 0.389 e. The van der Waals surface area contributed by atoms with Crippen LogP contribution in [0, 0.1) is 0 Å². The molecule has 1 aliphatic carbocycles. The van der Waals surface area contributed by atoms with Crippen molar-refractivity contribution in [1.82, 2.24) is 10.2 Å². The van der Waals surface area contributed by atoms with Gasteiger partial charge in [0.2, 0.25) is 0 Å². The van der Waals surface area contributed by atoms with Crippen LogP contribution in [-0.2, 0) is 0 Å². The minimum absolute atomic E-state index is 0.364. The van der Waals surface area contributed by atoms with Crippen molar-refractivity contribution in [1.29, 1.82) is 0 Å². The molecule has 1 unspecified atom stereocenters. The third-order valence-electron chi connectivity index (χ3n) is 3.51. The zero-order chi connectivity index (χ0) is 10.0. The van der Waals surface area contributed by atoms with Crippen molar-refractivity contribution in [3.05, 3.63) is 0 Å². The minimum Gasteiger partial charge on any atom is -0.389 e. The van der Waals surface area contributed by atoms with Crippen LogP contribution in [0.15, 0.2) is 0 Å². The number of rotatable bonds is 2. The minimum atomic E-state index is -0.364. The summed E-state index contributed by atoms with van der Waals surface area (Å²) in [6.07, 6.45) is 4.42. The lowest BCUT2D eigenvalue weighted by molar-refractivity contribution is 0.00277. The zero-order valence-corrected chi connectivity index (χ0v) is 9.13. The van der Waals surface area contributed by atoms with Crippen LogP contribution in [0.1, 0.15) is 32.6 Å². The summed E-state index contributed by atoms with van der Waals surface area (Å²) in [7, 11) is 0. The Bertz CT molecular complexity index is 190. The fourth-order valence-electron chi connectivity index (χ4n) is 2.76. The van der Waals surface area contributed by atoms with Gasteiger partial charge in [-0.1, -0.05) is 12.8 Å². The highest BCUT2D eigenvalue weighted by Gasteiger charge is 2.33. The van der Waals surface area contributed by atoms with Crippen molar-refractivity contribution in [3.8, 4) is 0 Å². The van der Waals surface area contributed by atoms with E-state index in [9.17, 15) is 5.11 Å². The second kappa shape index (κ2) is 4.17. The van der Waals surface area contributed by atoms with Gasteiger partial charge >= 0.3 is 0 Å². The molecule has 3 nitrogen and oxygen atoms in total. The molecule has 0 aromatic rings. The highest BCUT2D eigenvalue weighted by molar-refractivity contribution is 4.89. The molecule has 1 heterocycles. The normalized spacial score (nSPS) is 33.4. The monoisotopic (exact) mass is 198 g/mol. The molecular formula is C11H22N2O. The van der Waals surface area contributed by atoms with Crippen molar-refractivity contribution in [2.45, 2.75) is 44.2 Å². The summed E-state index contributed by atoms with van der Waals surface area (Å²) in [5.41, 5.74) is -0.364. The Labute approximate surface area is 86.5 Å². The van der Waals surface area contributed by atoms with Gasteiger partial charge in [-0.3, -0.25) is 4.90 Å². The first-order valence-corrected chi connectivity index (χ1v) is 5.86. The second-order valence-electron chi connectivity index (χ2n) is 5.02. The van der Waals surface area contributed by atoms with Crippen LogP contribution in [0.5, 0.6) is 0 Å². The van der Waals surface area contributed by atoms with Crippen molar-refractivity contribution >= 4 is 0 Å². The number of nitrogens with zero attached hydrogens (tertiary/aromatic N) is 1. The Morgan fingerprint density at radius 1 is 1.43 bits per heavy atom. The lowest BCUT2D eigenvalue weighted by Gasteiger charge is -2.36. The molecule has 0 amide bonds. The van der Waals surface area contributed by atoms with Crippen LogP contribution >= 0.6 is 0 Å². The first-order valence-electron chi connectivity index (χ1n) is 5.86. The first kappa shape index (κ1) is 10.4. The topological polar surface area (TPSA) is 35.5 Å². The smallest absolute Gasteiger partial charge is 0.0774 e. The Morgan fingerprint density at radius 3 is 2.79 bits per heavy atom. The van der Waals surface area contributed by atoms with E-state index in [2.05, 4.69) is 17.1 Å². The van der Waals surface area contributed by atoms with Crippen molar-refractivity contribution in [2.75, 3.05) is 26.2 Å². The standard InChI is InChI=1S/C11H22N2O/c1-10-8-13(7-6-12-10)9-11(14)4-2-3-5-11/h10,12,14H,2-9H2,1H3. The van der Waals surface area contributed by atoms with E-state index >= 15 is 0 Å². The molecule has 2 N–H and O–H groups in total. The molecule has 0 aromatic carbocycles. The van der Waals surface area contributed by atoms with Gasteiger partial charge in [-0.05, 0) is 19.8 Å². The number of hydrogen-bond donors (Lipinski definition) is 2. The summed E-state index contributed by atoms with van der Waals surface area (Å²) < 4.78 is 0. The fourth-order valence-corrected chi connectivity index (χ4v) is 2.76. The predicted octanol–water partition coefficient (Wildman–Crippen LogP) is 0.585. The summed E-state index contributed by atoms with van der Waals surface area (Å²) in [6, 6.07) is 0.578. The maximum atomic E-state index is 10.3. The number of hydrogen-bond acceptors (Lipinski definition) is 3. The van der Waals surface area contributed by atoms with Gasteiger partial charge in [0.15, 0.2) is 0 Å². The van der Waals surface area contributed by atoms with E-state index in [1.54, 1.807) is 0 Å². The summed E-state index contributed by atoms with van der Waals surface area (Å²) in [5.74, 6) is 0. The molecule has 0 aromatic heterocycles. The Kier molecular flexibility index (Phi) is 3.10. The van der Waals surface area contributed by atoms with Gasteiger partial charge in [0.05, 0.1) is 5.60 Å². The molecule has 1 atom stereocenters. The number of piperazine rings is 1. The molecule has 82 valence electrons. The SMILES string of the molecule is CC1CN(CC2(O)CCCC2)CCN1. The average molecular weight is 198 g/mol. The lowest BCUT2D eigenvalue weighted by Crippen LogP contribution is -2.53. The Hall–Kier alpha value is -0.120. The Morgan fingerprint density at radius 2 is 2.14 bits per heavy atom. The zero-order valence-electron chi connectivity index (χ0n) is 9.13. The molecule has 0 spiro atoms. The molecule has 3 heteroatoms. The van der Waals surface area contributed by atoms with E-state index in [4.69, 9.17) is 0 Å². The van der Waals surface area contributed by atoms with Crippen molar-refractivity contribution in [2.24, 2.45) is 0 Å². The van der Waals surface area contributed by atoms with Crippen molar-refractivity contribution in [3.63, 3.8) is 0 Å². The highest BCUT2D eigenvalue weighted by Crippen LogP contribution is 2.30. The van der Waals surface area contributed by atoms with E-state index in [0.29, 0.717) is 6.04 Å². The molecule has 2 fully saturated rings. The highest BCUT2D eigenvalue weighted by atomic mass is 16.3. The van der Waals surface area contributed by atoms with Crippen LogP contribution in [0.4, 0.5) is 0 Å². The average Bonchev–Trinajstić information content (AvgIpc) is 2.51. The lowest BCUT2D eigenvalue weighted by atomic mass is 10.0. The molecule has 1 aliphatic heterocycles. The molecule has 0 bridgehead atoms. The van der Waals surface area contributed by atoms with Gasteiger partial charge in [-0.15, -0.1) is 0 Å². The van der Waals surface area contributed by atoms with Crippen LogP contribution in [0.3, 0.4) is 0 Å². The van der Waals surface area contributed by atoms with Gasteiger partial charge in [-0.2, -0.15) is 0 Å². The molecule has 1 saturated heterocycles. The van der Waals surface area contributed by atoms with E-state index in [1.165, 1.54) is 12.8 Å². The summed E-state index contributed by atoms with van der Waals surface area (Å²) in [6.45, 7) is 6.34. The predicted molar refractivity (Wildman–Crippen MR) is 57.3 cm³/mol. The first-order chi connectivity index (χ1) is 6.68. The van der Waals surface area contributed by atoms with Gasteiger partial charge < -0.3 is 10.4 Å². The van der Waals surface area contributed by atoms with Crippen LogP contribution in [-0.4, -0.2) is 47.8 Å². The third kappa shape index (κ3) is 2.47. The number of β-amino-alcohol motifs (C(OH)–C–C–N with tert-alkyl or cyclic N) is 1. The van der Waals surface area contributed by atoms with Gasteiger partial charge in [0.25, 0.3) is 0 Å². The molecule has 0 radical (unpaired) electrons. The van der Waals surface area contributed by atoms with Gasteiger partial charge in [0.1, 0.15) is 0 Å².